The number of anilines is 1. The molecule has 0 spiro atoms. The molecule has 0 bridgehead atoms. The summed E-state index contributed by atoms with van der Waals surface area (Å²) in [5.41, 5.74) is 4.76. The second-order valence-electron chi connectivity index (χ2n) is 5.86. The van der Waals surface area contributed by atoms with Gasteiger partial charge in [-0.2, -0.15) is 0 Å². The van der Waals surface area contributed by atoms with E-state index in [9.17, 15) is 4.79 Å². The molecule has 1 aromatic carbocycles. The second kappa shape index (κ2) is 3.62. The van der Waals surface area contributed by atoms with Crippen LogP contribution >= 0.6 is 0 Å². The maximum absolute atomic E-state index is 12.7. The van der Waals surface area contributed by atoms with E-state index < -0.39 is 0 Å². The van der Waals surface area contributed by atoms with Gasteiger partial charge in [-0.25, -0.2) is 0 Å². The van der Waals surface area contributed by atoms with Gasteiger partial charge in [-0.3, -0.25) is 9.69 Å². The monoisotopic (exact) mass is 254 g/mol. The van der Waals surface area contributed by atoms with Crippen molar-refractivity contribution in [1.82, 2.24) is 4.90 Å². The smallest absolute Gasteiger partial charge is 0.256 e. The van der Waals surface area contributed by atoms with Crippen LogP contribution < -0.4 is 4.90 Å². The summed E-state index contributed by atoms with van der Waals surface area (Å²) in [5, 5.41) is 0. The highest BCUT2D eigenvalue weighted by molar-refractivity contribution is 6.12. The number of para-hydroxylation sites is 1. The average Bonchev–Trinajstić information content (AvgIpc) is 2.88. The highest BCUT2D eigenvalue weighted by Crippen LogP contribution is 2.50. The molecule has 3 heterocycles. The molecule has 2 atom stereocenters. The zero-order chi connectivity index (χ0) is 13.1. The van der Waals surface area contributed by atoms with Crippen molar-refractivity contribution in [2.24, 2.45) is 0 Å². The van der Waals surface area contributed by atoms with Crippen molar-refractivity contribution < 1.29 is 4.79 Å². The first-order valence-corrected chi connectivity index (χ1v) is 7.07. The third-order valence-electron chi connectivity index (χ3n) is 4.84. The Morgan fingerprint density at radius 3 is 2.89 bits per heavy atom. The molecule has 4 rings (SSSR count). The molecule has 0 fully saturated rings. The van der Waals surface area contributed by atoms with Crippen LogP contribution in [0.15, 0.2) is 35.5 Å². The second-order valence-corrected chi connectivity index (χ2v) is 5.86. The number of likely N-dealkylation sites (N-methyl/N-ethyl adjacent to an activating group) is 1. The lowest BCUT2D eigenvalue weighted by Crippen LogP contribution is -2.37. The van der Waals surface area contributed by atoms with Gasteiger partial charge in [0.15, 0.2) is 0 Å². The van der Waals surface area contributed by atoms with Crippen molar-refractivity contribution in [2.75, 3.05) is 18.5 Å². The molecule has 3 nitrogen and oxygen atoms in total. The first-order valence-electron chi connectivity index (χ1n) is 7.07. The summed E-state index contributed by atoms with van der Waals surface area (Å²) >= 11 is 0. The minimum absolute atomic E-state index is 0.227. The summed E-state index contributed by atoms with van der Waals surface area (Å²) < 4.78 is 0. The predicted octanol–water partition coefficient (Wildman–Crippen LogP) is 2.50. The van der Waals surface area contributed by atoms with Gasteiger partial charge in [-0.1, -0.05) is 25.1 Å². The van der Waals surface area contributed by atoms with Crippen molar-refractivity contribution in [3.05, 3.63) is 41.1 Å². The number of fused-ring (bicyclic) bond motifs is 4. The summed E-state index contributed by atoms with van der Waals surface area (Å²) in [7, 11) is 2.13. The molecular weight excluding hydrogens is 236 g/mol. The largest absolute Gasteiger partial charge is 0.376 e. The van der Waals surface area contributed by atoms with Crippen LogP contribution in [0.25, 0.3) is 0 Å². The van der Waals surface area contributed by atoms with E-state index in [2.05, 4.69) is 37.1 Å². The summed E-state index contributed by atoms with van der Waals surface area (Å²) in [5.74, 6) is 0.636. The lowest BCUT2D eigenvalue weighted by molar-refractivity contribution is -0.114. The Kier molecular flexibility index (Phi) is 2.12. The zero-order valence-electron chi connectivity index (χ0n) is 11.4. The van der Waals surface area contributed by atoms with E-state index in [1.54, 1.807) is 0 Å². The lowest BCUT2D eigenvalue weighted by Gasteiger charge is -2.31. The molecule has 0 saturated heterocycles. The van der Waals surface area contributed by atoms with Crippen LogP contribution in [0.2, 0.25) is 0 Å². The third kappa shape index (κ3) is 1.25. The first kappa shape index (κ1) is 11.1. The number of carbonyl (C=O) groups excluding carboxylic acids is 1. The van der Waals surface area contributed by atoms with Crippen LogP contribution in [-0.4, -0.2) is 30.4 Å². The molecule has 0 saturated carbocycles. The van der Waals surface area contributed by atoms with E-state index >= 15 is 0 Å². The van der Waals surface area contributed by atoms with Crippen LogP contribution in [0.5, 0.6) is 0 Å². The Labute approximate surface area is 113 Å². The Hall–Kier alpha value is -1.77. The number of carbonyl (C=O) groups is 1. The van der Waals surface area contributed by atoms with E-state index in [1.165, 1.54) is 11.3 Å². The lowest BCUT2D eigenvalue weighted by atomic mass is 9.91. The van der Waals surface area contributed by atoms with Crippen LogP contribution in [0, 0.1) is 0 Å². The molecule has 0 N–H and O–H groups in total. The van der Waals surface area contributed by atoms with Gasteiger partial charge in [0, 0.05) is 36.5 Å². The van der Waals surface area contributed by atoms with Gasteiger partial charge in [-0.15, -0.1) is 0 Å². The van der Waals surface area contributed by atoms with E-state index in [4.69, 9.17) is 0 Å². The fourth-order valence-corrected chi connectivity index (χ4v) is 3.97. The van der Waals surface area contributed by atoms with Crippen LogP contribution in [0.1, 0.15) is 31.2 Å². The Morgan fingerprint density at radius 1 is 1.26 bits per heavy atom. The number of hydrogen-bond donors (Lipinski definition) is 0. The highest BCUT2D eigenvalue weighted by atomic mass is 16.2. The SMILES string of the molecule is CC1c2ccccc2N2C(=O)C3=C(C12)N(C)CCC3. The molecule has 3 aliphatic rings. The maximum atomic E-state index is 12.7. The molecule has 2 unspecified atom stereocenters. The average molecular weight is 254 g/mol. The highest BCUT2D eigenvalue weighted by Gasteiger charge is 2.50. The Balaban J connectivity index is 1.89. The first-order chi connectivity index (χ1) is 9.20. The van der Waals surface area contributed by atoms with Gasteiger partial charge in [0.2, 0.25) is 0 Å². The van der Waals surface area contributed by atoms with Crippen molar-refractivity contribution >= 4 is 11.6 Å². The summed E-state index contributed by atoms with van der Waals surface area (Å²) in [6.07, 6.45) is 2.04. The Morgan fingerprint density at radius 2 is 2.05 bits per heavy atom. The van der Waals surface area contributed by atoms with Crippen molar-refractivity contribution in [2.45, 2.75) is 31.7 Å². The van der Waals surface area contributed by atoms with Crippen molar-refractivity contribution in [3.63, 3.8) is 0 Å². The summed E-state index contributed by atoms with van der Waals surface area (Å²) in [4.78, 5) is 17.0. The number of nitrogens with zero attached hydrogens (tertiary/aromatic N) is 2. The van der Waals surface area contributed by atoms with Gasteiger partial charge in [0.25, 0.3) is 5.91 Å². The molecule has 19 heavy (non-hydrogen) atoms. The molecule has 3 aliphatic heterocycles. The number of hydrogen-bond acceptors (Lipinski definition) is 2. The number of rotatable bonds is 0. The van der Waals surface area contributed by atoms with Crippen molar-refractivity contribution in [3.8, 4) is 0 Å². The van der Waals surface area contributed by atoms with E-state index in [-0.39, 0.29) is 11.9 Å². The normalized spacial score (nSPS) is 28.6. The Bertz CT molecular complexity index is 605. The summed E-state index contributed by atoms with van der Waals surface area (Å²) in [6, 6.07) is 8.58. The van der Waals surface area contributed by atoms with Gasteiger partial charge < -0.3 is 4.90 Å². The number of benzene rings is 1. The van der Waals surface area contributed by atoms with E-state index in [0.717, 1.165) is 30.6 Å². The maximum Gasteiger partial charge on any atom is 0.256 e. The molecule has 0 radical (unpaired) electrons. The number of amides is 1. The molecule has 3 heteroatoms. The third-order valence-corrected chi connectivity index (χ3v) is 4.84. The molecule has 0 aromatic heterocycles. The predicted molar refractivity (Wildman–Crippen MR) is 75.0 cm³/mol. The molecule has 1 amide bonds. The minimum atomic E-state index is 0.227. The zero-order valence-corrected chi connectivity index (χ0v) is 11.4. The van der Waals surface area contributed by atoms with Gasteiger partial charge in [0.05, 0.1) is 6.04 Å². The molecule has 0 aliphatic carbocycles. The van der Waals surface area contributed by atoms with E-state index in [0.29, 0.717) is 5.92 Å². The minimum Gasteiger partial charge on any atom is -0.376 e. The topological polar surface area (TPSA) is 23.6 Å². The molecule has 1 aromatic rings. The molecule has 98 valence electrons. The molecular formula is C16H18N2O. The standard InChI is InChI=1S/C16H18N2O/c1-10-11-6-3-4-8-13(11)18-14(10)15-12(16(18)19)7-5-9-17(15)2/h3-4,6,8,10,14H,5,7,9H2,1-2H3. The fourth-order valence-electron chi connectivity index (χ4n) is 3.97. The van der Waals surface area contributed by atoms with E-state index in [1.807, 2.05) is 11.0 Å². The van der Waals surface area contributed by atoms with Crippen LogP contribution in [0.3, 0.4) is 0 Å². The summed E-state index contributed by atoms with van der Waals surface area (Å²) in [6.45, 7) is 3.31. The van der Waals surface area contributed by atoms with Crippen molar-refractivity contribution in [1.29, 1.82) is 0 Å². The van der Waals surface area contributed by atoms with Gasteiger partial charge in [-0.05, 0) is 24.5 Å². The van der Waals surface area contributed by atoms with Gasteiger partial charge >= 0.3 is 0 Å². The fraction of sp³-hybridized carbons (Fsp3) is 0.438. The van der Waals surface area contributed by atoms with Gasteiger partial charge in [0.1, 0.15) is 0 Å². The quantitative estimate of drug-likeness (QED) is 0.710. The van der Waals surface area contributed by atoms with Crippen LogP contribution in [0.4, 0.5) is 5.69 Å². The van der Waals surface area contributed by atoms with Crippen LogP contribution in [-0.2, 0) is 4.79 Å².